The standard InChI is InChI=1S/C10H15N3O3/c1-13-5-4-9(12-13)11-6-7-2-3-8(16-7)10(14)15/h4-5,7-8H,2-3,6H2,1H3,(H,11,12)(H,14,15). The third kappa shape index (κ3) is 2.52. The number of anilines is 1. The Morgan fingerprint density at radius 1 is 1.75 bits per heavy atom. The molecular weight excluding hydrogens is 210 g/mol. The van der Waals surface area contributed by atoms with Crippen LogP contribution < -0.4 is 5.32 Å². The number of hydrogen-bond acceptors (Lipinski definition) is 4. The van der Waals surface area contributed by atoms with Crippen LogP contribution in [-0.4, -0.2) is 39.6 Å². The molecule has 16 heavy (non-hydrogen) atoms. The molecule has 6 heteroatoms. The number of ether oxygens (including phenoxy) is 1. The Balaban J connectivity index is 1.77. The molecule has 0 amide bonds. The summed E-state index contributed by atoms with van der Waals surface area (Å²) in [4.78, 5) is 10.7. The first-order valence-electron chi connectivity index (χ1n) is 5.27. The molecule has 1 fully saturated rings. The predicted molar refractivity (Wildman–Crippen MR) is 57.2 cm³/mol. The van der Waals surface area contributed by atoms with Gasteiger partial charge < -0.3 is 15.2 Å². The highest BCUT2D eigenvalue weighted by Crippen LogP contribution is 2.20. The maximum Gasteiger partial charge on any atom is 0.332 e. The molecule has 1 aromatic rings. The fourth-order valence-electron chi connectivity index (χ4n) is 1.77. The Kier molecular flexibility index (Phi) is 3.09. The second-order valence-corrected chi connectivity index (χ2v) is 3.92. The molecule has 2 rings (SSSR count). The predicted octanol–water partition coefficient (Wildman–Crippen LogP) is 0.464. The topological polar surface area (TPSA) is 76.4 Å². The van der Waals surface area contributed by atoms with Crippen LogP contribution in [0, 0.1) is 0 Å². The first-order chi connectivity index (χ1) is 7.65. The Bertz CT molecular complexity index is 377. The molecule has 6 nitrogen and oxygen atoms in total. The fraction of sp³-hybridized carbons (Fsp3) is 0.600. The van der Waals surface area contributed by atoms with Gasteiger partial charge in [-0.2, -0.15) is 5.10 Å². The van der Waals surface area contributed by atoms with Crippen molar-refractivity contribution < 1.29 is 14.6 Å². The molecule has 0 bridgehead atoms. The zero-order valence-corrected chi connectivity index (χ0v) is 9.09. The van der Waals surface area contributed by atoms with E-state index in [1.165, 1.54) is 0 Å². The van der Waals surface area contributed by atoms with E-state index < -0.39 is 12.1 Å². The van der Waals surface area contributed by atoms with Gasteiger partial charge in [0.25, 0.3) is 0 Å². The molecule has 2 N–H and O–H groups in total. The van der Waals surface area contributed by atoms with E-state index in [4.69, 9.17) is 9.84 Å². The lowest BCUT2D eigenvalue weighted by Gasteiger charge is -2.11. The summed E-state index contributed by atoms with van der Waals surface area (Å²) in [7, 11) is 1.84. The Morgan fingerprint density at radius 2 is 2.56 bits per heavy atom. The zero-order valence-electron chi connectivity index (χ0n) is 9.09. The van der Waals surface area contributed by atoms with Crippen LogP contribution in [0.25, 0.3) is 0 Å². The van der Waals surface area contributed by atoms with E-state index in [9.17, 15) is 4.79 Å². The number of carboxylic acids is 1. The van der Waals surface area contributed by atoms with Crippen LogP contribution in [0.2, 0.25) is 0 Å². The molecule has 0 spiro atoms. The van der Waals surface area contributed by atoms with E-state index in [2.05, 4.69) is 10.4 Å². The van der Waals surface area contributed by atoms with Crippen molar-refractivity contribution in [2.75, 3.05) is 11.9 Å². The van der Waals surface area contributed by atoms with Crippen molar-refractivity contribution in [2.45, 2.75) is 25.0 Å². The summed E-state index contributed by atoms with van der Waals surface area (Å²) in [5, 5.41) is 16.0. The second-order valence-electron chi connectivity index (χ2n) is 3.92. The number of carboxylic acid groups (broad SMARTS) is 1. The number of aryl methyl sites for hydroxylation is 1. The van der Waals surface area contributed by atoms with Gasteiger partial charge >= 0.3 is 5.97 Å². The molecular formula is C10H15N3O3. The Morgan fingerprint density at radius 3 is 3.12 bits per heavy atom. The summed E-state index contributed by atoms with van der Waals surface area (Å²) in [5.41, 5.74) is 0. The molecule has 88 valence electrons. The average molecular weight is 225 g/mol. The van der Waals surface area contributed by atoms with Crippen LogP contribution in [0.5, 0.6) is 0 Å². The van der Waals surface area contributed by atoms with Gasteiger partial charge in [-0.05, 0) is 12.8 Å². The number of nitrogens with one attached hydrogen (secondary N) is 1. The maximum absolute atomic E-state index is 10.7. The molecule has 0 aliphatic carbocycles. The van der Waals surface area contributed by atoms with E-state index in [0.717, 1.165) is 12.2 Å². The summed E-state index contributed by atoms with van der Waals surface area (Å²) in [6.07, 6.45) is 2.53. The number of nitrogens with zero attached hydrogens (tertiary/aromatic N) is 2. The largest absolute Gasteiger partial charge is 0.479 e. The van der Waals surface area contributed by atoms with Crippen LogP contribution in [0.3, 0.4) is 0 Å². The van der Waals surface area contributed by atoms with Gasteiger partial charge in [-0.25, -0.2) is 4.79 Å². The quantitative estimate of drug-likeness (QED) is 0.778. The lowest BCUT2D eigenvalue weighted by atomic mass is 10.2. The Hall–Kier alpha value is -1.56. The molecule has 1 aliphatic heterocycles. The normalized spacial score (nSPS) is 24.6. The van der Waals surface area contributed by atoms with Gasteiger partial charge in [0.1, 0.15) is 5.82 Å². The molecule has 1 saturated heterocycles. The van der Waals surface area contributed by atoms with Gasteiger partial charge in [0.2, 0.25) is 0 Å². The molecule has 0 aromatic carbocycles. The first kappa shape index (κ1) is 10.9. The molecule has 0 radical (unpaired) electrons. The number of hydrogen-bond donors (Lipinski definition) is 2. The minimum atomic E-state index is -0.875. The summed E-state index contributed by atoms with van der Waals surface area (Å²) in [5.74, 6) is -0.0924. The summed E-state index contributed by atoms with van der Waals surface area (Å²) >= 11 is 0. The molecule has 1 aliphatic rings. The van der Waals surface area contributed by atoms with Gasteiger partial charge in [0.15, 0.2) is 6.10 Å². The molecule has 2 unspecified atom stereocenters. The number of carbonyl (C=O) groups is 1. The third-order valence-electron chi connectivity index (χ3n) is 2.61. The van der Waals surface area contributed by atoms with Crippen molar-refractivity contribution in [3.63, 3.8) is 0 Å². The van der Waals surface area contributed by atoms with Gasteiger partial charge in [0, 0.05) is 25.9 Å². The minimum absolute atomic E-state index is 0.0388. The lowest BCUT2D eigenvalue weighted by molar-refractivity contribution is -0.149. The SMILES string of the molecule is Cn1ccc(NCC2CCC(C(=O)O)O2)n1. The van der Waals surface area contributed by atoms with E-state index in [0.29, 0.717) is 13.0 Å². The van der Waals surface area contributed by atoms with Gasteiger partial charge in [-0.1, -0.05) is 0 Å². The van der Waals surface area contributed by atoms with Crippen molar-refractivity contribution >= 4 is 11.8 Å². The van der Waals surface area contributed by atoms with Crippen LogP contribution in [0.4, 0.5) is 5.82 Å². The number of rotatable bonds is 4. The molecule has 2 heterocycles. The Labute approximate surface area is 93.2 Å². The molecule has 0 saturated carbocycles. The minimum Gasteiger partial charge on any atom is -0.479 e. The average Bonchev–Trinajstić information content (AvgIpc) is 2.83. The van der Waals surface area contributed by atoms with Crippen molar-refractivity contribution in [1.82, 2.24) is 9.78 Å². The van der Waals surface area contributed by atoms with E-state index in [-0.39, 0.29) is 6.10 Å². The highest BCUT2D eigenvalue weighted by atomic mass is 16.5. The van der Waals surface area contributed by atoms with Crippen LogP contribution >= 0.6 is 0 Å². The highest BCUT2D eigenvalue weighted by molar-refractivity contribution is 5.72. The summed E-state index contributed by atoms with van der Waals surface area (Å²) < 4.78 is 7.06. The third-order valence-corrected chi connectivity index (χ3v) is 2.61. The monoisotopic (exact) mass is 225 g/mol. The van der Waals surface area contributed by atoms with Gasteiger partial charge in [-0.15, -0.1) is 0 Å². The number of aliphatic carboxylic acids is 1. The fourth-order valence-corrected chi connectivity index (χ4v) is 1.77. The van der Waals surface area contributed by atoms with Crippen LogP contribution in [-0.2, 0) is 16.6 Å². The van der Waals surface area contributed by atoms with E-state index >= 15 is 0 Å². The summed E-state index contributed by atoms with van der Waals surface area (Å²) in [6, 6.07) is 1.86. The lowest BCUT2D eigenvalue weighted by Crippen LogP contribution is -2.24. The highest BCUT2D eigenvalue weighted by Gasteiger charge is 2.30. The van der Waals surface area contributed by atoms with Gasteiger partial charge in [0.05, 0.1) is 6.10 Å². The molecule has 2 atom stereocenters. The smallest absolute Gasteiger partial charge is 0.332 e. The van der Waals surface area contributed by atoms with Gasteiger partial charge in [-0.3, -0.25) is 4.68 Å². The number of aromatic nitrogens is 2. The van der Waals surface area contributed by atoms with Crippen molar-refractivity contribution in [3.8, 4) is 0 Å². The first-order valence-corrected chi connectivity index (χ1v) is 5.27. The van der Waals surface area contributed by atoms with Crippen LogP contribution in [0.15, 0.2) is 12.3 Å². The molecule has 1 aromatic heterocycles. The second kappa shape index (κ2) is 4.52. The van der Waals surface area contributed by atoms with E-state index in [1.807, 2.05) is 19.3 Å². The maximum atomic E-state index is 10.7. The van der Waals surface area contributed by atoms with Crippen molar-refractivity contribution in [3.05, 3.63) is 12.3 Å². The zero-order chi connectivity index (χ0) is 11.5. The van der Waals surface area contributed by atoms with Crippen LogP contribution in [0.1, 0.15) is 12.8 Å². The van der Waals surface area contributed by atoms with Crippen molar-refractivity contribution in [1.29, 1.82) is 0 Å². The summed E-state index contributed by atoms with van der Waals surface area (Å²) in [6.45, 7) is 0.598. The van der Waals surface area contributed by atoms with E-state index in [1.54, 1.807) is 4.68 Å². The van der Waals surface area contributed by atoms with Crippen molar-refractivity contribution in [2.24, 2.45) is 7.05 Å².